The van der Waals surface area contributed by atoms with E-state index in [0.29, 0.717) is 0 Å². The molecule has 1 rings (SSSR count). The Hall–Kier alpha value is -0.860. The molecular weight excluding hydrogens is 184 g/mol. The van der Waals surface area contributed by atoms with Crippen LogP contribution >= 0.6 is 0 Å². The van der Waals surface area contributed by atoms with Gasteiger partial charge in [0.15, 0.2) is 0 Å². The molecular formula is C13H22N2. The van der Waals surface area contributed by atoms with Crippen molar-refractivity contribution >= 4 is 0 Å². The van der Waals surface area contributed by atoms with E-state index in [4.69, 9.17) is 0 Å². The Balaban J connectivity index is 2.07. The molecule has 0 fully saturated rings. The first-order valence-corrected chi connectivity index (χ1v) is 5.80. The van der Waals surface area contributed by atoms with E-state index in [0.717, 1.165) is 32.6 Å². The van der Waals surface area contributed by atoms with Crippen LogP contribution in [0, 0.1) is 6.92 Å². The zero-order valence-electron chi connectivity index (χ0n) is 9.84. The number of likely N-dealkylation sites (N-methyl/N-ethyl adjacent to an activating group) is 1. The van der Waals surface area contributed by atoms with Gasteiger partial charge in [-0.2, -0.15) is 0 Å². The van der Waals surface area contributed by atoms with Gasteiger partial charge >= 0.3 is 0 Å². The molecule has 0 spiro atoms. The Morgan fingerprint density at radius 1 is 0.933 bits per heavy atom. The van der Waals surface area contributed by atoms with E-state index in [1.807, 2.05) is 0 Å². The van der Waals surface area contributed by atoms with Crippen molar-refractivity contribution in [1.82, 2.24) is 10.6 Å². The lowest BCUT2D eigenvalue weighted by atomic mass is 10.1. The largest absolute Gasteiger partial charge is 0.316 e. The molecule has 0 aromatic heterocycles. The molecule has 0 atom stereocenters. The van der Waals surface area contributed by atoms with Gasteiger partial charge in [0.2, 0.25) is 0 Å². The highest BCUT2D eigenvalue weighted by Gasteiger charge is 1.92. The average Bonchev–Trinajstić information content (AvgIpc) is 2.26. The lowest BCUT2D eigenvalue weighted by molar-refractivity contribution is 0.624. The molecule has 0 aliphatic rings. The fourth-order valence-corrected chi connectivity index (χ4v) is 1.47. The van der Waals surface area contributed by atoms with E-state index in [2.05, 4.69) is 48.7 Å². The molecule has 1 aromatic carbocycles. The number of hydrogen-bond donors (Lipinski definition) is 2. The number of benzene rings is 1. The Kier molecular flexibility index (Phi) is 6.05. The van der Waals surface area contributed by atoms with Crippen molar-refractivity contribution in [3.05, 3.63) is 35.4 Å². The second-order valence-electron chi connectivity index (χ2n) is 3.84. The molecule has 0 saturated heterocycles. The topological polar surface area (TPSA) is 24.1 Å². The molecule has 0 aliphatic carbocycles. The lowest BCUT2D eigenvalue weighted by Gasteiger charge is -2.05. The van der Waals surface area contributed by atoms with Crippen molar-refractivity contribution in [2.24, 2.45) is 0 Å². The first-order chi connectivity index (χ1) is 7.33. The Morgan fingerprint density at radius 3 is 2.27 bits per heavy atom. The van der Waals surface area contributed by atoms with E-state index in [-0.39, 0.29) is 0 Å². The van der Waals surface area contributed by atoms with E-state index >= 15 is 0 Å². The van der Waals surface area contributed by atoms with Gasteiger partial charge in [0, 0.05) is 13.1 Å². The highest BCUT2D eigenvalue weighted by Crippen LogP contribution is 2.02. The summed E-state index contributed by atoms with van der Waals surface area (Å²) in [4.78, 5) is 0. The number of nitrogens with one attached hydrogen (secondary N) is 2. The molecule has 2 N–H and O–H groups in total. The highest BCUT2D eigenvalue weighted by molar-refractivity contribution is 5.21. The first-order valence-electron chi connectivity index (χ1n) is 5.80. The quantitative estimate of drug-likeness (QED) is 0.664. The standard InChI is InChI=1S/C13H22N2/c1-3-14-10-11-15-9-8-13-6-4-12(2)5-7-13/h4-7,14-15H,3,8-11H2,1-2H3. The minimum Gasteiger partial charge on any atom is -0.316 e. The SMILES string of the molecule is CCNCCNCCc1ccc(C)cc1. The first kappa shape index (κ1) is 12.2. The van der Waals surface area contributed by atoms with Gasteiger partial charge in [0.1, 0.15) is 0 Å². The summed E-state index contributed by atoms with van der Waals surface area (Å²) >= 11 is 0. The molecule has 0 aliphatic heterocycles. The average molecular weight is 206 g/mol. The van der Waals surface area contributed by atoms with Crippen LogP contribution in [0.3, 0.4) is 0 Å². The van der Waals surface area contributed by atoms with Gasteiger partial charge < -0.3 is 10.6 Å². The van der Waals surface area contributed by atoms with Crippen LogP contribution in [0.1, 0.15) is 18.1 Å². The fourth-order valence-electron chi connectivity index (χ4n) is 1.47. The molecule has 2 nitrogen and oxygen atoms in total. The highest BCUT2D eigenvalue weighted by atomic mass is 14.9. The molecule has 0 unspecified atom stereocenters. The van der Waals surface area contributed by atoms with Gasteiger partial charge in [0.05, 0.1) is 0 Å². The number of hydrogen-bond acceptors (Lipinski definition) is 2. The summed E-state index contributed by atoms with van der Waals surface area (Å²) in [6.07, 6.45) is 1.12. The maximum absolute atomic E-state index is 3.42. The predicted octanol–water partition coefficient (Wildman–Crippen LogP) is 1.74. The van der Waals surface area contributed by atoms with Gasteiger partial charge in [0.25, 0.3) is 0 Å². The second kappa shape index (κ2) is 7.43. The minimum absolute atomic E-state index is 1.06. The van der Waals surface area contributed by atoms with Crippen molar-refractivity contribution < 1.29 is 0 Å². The Labute approximate surface area is 93.1 Å². The van der Waals surface area contributed by atoms with Crippen molar-refractivity contribution in [3.63, 3.8) is 0 Å². The zero-order chi connectivity index (χ0) is 10.9. The van der Waals surface area contributed by atoms with Crippen molar-refractivity contribution in [1.29, 1.82) is 0 Å². The van der Waals surface area contributed by atoms with E-state index in [1.165, 1.54) is 11.1 Å². The van der Waals surface area contributed by atoms with Crippen LogP contribution < -0.4 is 10.6 Å². The third kappa shape index (κ3) is 5.55. The third-order valence-electron chi connectivity index (χ3n) is 2.44. The number of aryl methyl sites for hydroxylation is 1. The van der Waals surface area contributed by atoms with Crippen molar-refractivity contribution in [2.75, 3.05) is 26.2 Å². The summed E-state index contributed by atoms with van der Waals surface area (Å²) in [5.41, 5.74) is 2.75. The normalized spacial score (nSPS) is 10.5. The van der Waals surface area contributed by atoms with Crippen molar-refractivity contribution in [2.45, 2.75) is 20.3 Å². The van der Waals surface area contributed by atoms with Crippen LogP contribution in [0.4, 0.5) is 0 Å². The summed E-state index contributed by atoms with van der Waals surface area (Å²) in [6.45, 7) is 8.49. The van der Waals surface area contributed by atoms with Crippen LogP contribution in [0.2, 0.25) is 0 Å². The van der Waals surface area contributed by atoms with Gasteiger partial charge in [-0.15, -0.1) is 0 Å². The summed E-state index contributed by atoms with van der Waals surface area (Å²) < 4.78 is 0. The summed E-state index contributed by atoms with van der Waals surface area (Å²) in [6, 6.07) is 8.77. The van der Waals surface area contributed by atoms with E-state index in [1.54, 1.807) is 0 Å². The lowest BCUT2D eigenvalue weighted by Crippen LogP contribution is -2.28. The smallest absolute Gasteiger partial charge is 0.00768 e. The third-order valence-corrected chi connectivity index (χ3v) is 2.44. The van der Waals surface area contributed by atoms with Crippen LogP contribution in [-0.4, -0.2) is 26.2 Å². The molecule has 0 heterocycles. The van der Waals surface area contributed by atoms with Crippen LogP contribution in [-0.2, 0) is 6.42 Å². The molecule has 0 amide bonds. The molecule has 0 saturated carbocycles. The van der Waals surface area contributed by atoms with Gasteiger partial charge in [-0.1, -0.05) is 36.8 Å². The Morgan fingerprint density at radius 2 is 1.60 bits per heavy atom. The summed E-state index contributed by atoms with van der Waals surface area (Å²) in [5, 5.41) is 6.71. The molecule has 0 radical (unpaired) electrons. The maximum atomic E-state index is 3.42. The molecule has 15 heavy (non-hydrogen) atoms. The molecule has 84 valence electrons. The monoisotopic (exact) mass is 206 g/mol. The molecule has 0 bridgehead atoms. The van der Waals surface area contributed by atoms with Crippen LogP contribution in [0.5, 0.6) is 0 Å². The van der Waals surface area contributed by atoms with Crippen molar-refractivity contribution in [3.8, 4) is 0 Å². The van der Waals surface area contributed by atoms with Gasteiger partial charge in [-0.25, -0.2) is 0 Å². The van der Waals surface area contributed by atoms with Crippen LogP contribution in [0.25, 0.3) is 0 Å². The predicted molar refractivity (Wildman–Crippen MR) is 66.3 cm³/mol. The van der Waals surface area contributed by atoms with Crippen LogP contribution in [0.15, 0.2) is 24.3 Å². The molecule has 2 heteroatoms. The maximum Gasteiger partial charge on any atom is 0.00768 e. The fraction of sp³-hybridized carbons (Fsp3) is 0.538. The minimum atomic E-state index is 1.06. The zero-order valence-corrected chi connectivity index (χ0v) is 9.84. The molecule has 1 aromatic rings. The second-order valence-corrected chi connectivity index (χ2v) is 3.84. The Bertz CT molecular complexity index is 254. The summed E-state index contributed by atoms with van der Waals surface area (Å²) in [5.74, 6) is 0. The summed E-state index contributed by atoms with van der Waals surface area (Å²) in [7, 11) is 0. The van der Waals surface area contributed by atoms with E-state index in [9.17, 15) is 0 Å². The number of rotatable bonds is 7. The van der Waals surface area contributed by atoms with E-state index < -0.39 is 0 Å². The van der Waals surface area contributed by atoms with Gasteiger partial charge in [-0.05, 0) is 32.0 Å². The van der Waals surface area contributed by atoms with Gasteiger partial charge in [-0.3, -0.25) is 0 Å².